The molecule has 2 unspecified atom stereocenters. The number of amides is 1. The van der Waals surface area contributed by atoms with Crippen LogP contribution in [0.15, 0.2) is 24.3 Å². The minimum atomic E-state index is -0.0110. The van der Waals surface area contributed by atoms with Crippen LogP contribution in [0.2, 0.25) is 0 Å². The molecule has 1 aliphatic carbocycles. The van der Waals surface area contributed by atoms with Gasteiger partial charge in [0.2, 0.25) is 0 Å². The van der Waals surface area contributed by atoms with Crippen molar-refractivity contribution in [1.82, 2.24) is 5.32 Å². The van der Waals surface area contributed by atoms with Gasteiger partial charge >= 0.3 is 0 Å². The lowest BCUT2D eigenvalue weighted by Gasteiger charge is -2.27. The van der Waals surface area contributed by atoms with Gasteiger partial charge in [-0.05, 0) is 37.0 Å². The smallest absolute Gasteiger partial charge is 0.251 e. The van der Waals surface area contributed by atoms with Crippen LogP contribution in [0.3, 0.4) is 0 Å². The number of hydrogen-bond donors (Lipinski definition) is 1. The van der Waals surface area contributed by atoms with Crippen LogP contribution in [0, 0.1) is 5.92 Å². The zero-order valence-electron chi connectivity index (χ0n) is 12.2. The Labute approximate surface area is 126 Å². The number of anilines is 1. The van der Waals surface area contributed by atoms with Crippen LogP contribution < -0.4 is 10.2 Å². The summed E-state index contributed by atoms with van der Waals surface area (Å²) in [7, 11) is 3.94. The van der Waals surface area contributed by atoms with Crippen molar-refractivity contribution in [2.45, 2.75) is 31.1 Å². The molecule has 1 saturated carbocycles. The van der Waals surface area contributed by atoms with E-state index in [4.69, 9.17) is 11.6 Å². The molecule has 0 radical (unpaired) electrons. The van der Waals surface area contributed by atoms with E-state index in [1.807, 2.05) is 43.3 Å². The number of benzene rings is 1. The Morgan fingerprint density at radius 2 is 2.10 bits per heavy atom. The van der Waals surface area contributed by atoms with Gasteiger partial charge in [-0.2, -0.15) is 0 Å². The normalized spacial score (nSPS) is 22.4. The third-order valence-electron chi connectivity index (χ3n) is 3.97. The van der Waals surface area contributed by atoms with Gasteiger partial charge in [0, 0.05) is 37.3 Å². The lowest BCUT2D eigenvalue weighted by atomic mass is 9.88. The van der Waals surface area contributed by atoms with Crippen molar-refractivity contribution < 1.29 is 4.79 Å². The first kappa shape index (κ1) is 15.2. The second-order valence-electron chi connectivity index (χ2n) is 5.72. The molecule has 1 aromatic carbocycles. The highest BCUT2D eigenvalue weighted by molar-refractivity contribution is 6.20. The highest BCUT2D eigenvalue weighted by Crippen LogP contribution is 2.28. The van der Waals surface area contributed by atoms with Crippen molar-refractivity contribution in [3.63, 3.8) is 0 Å². The molecule has 1 N–H and O–H groups in total. The van der Waals surface area contributed by atoms with E-state index in [-0.39, 0.29) is 11.3 Å². The predicted octanol–water partition coefficient (Wildman–Crippen LogP) is 3.28. The van der Waals surface area contributed by atoms with Crippen molar-refractivity contribution in [2.24, 2.45) is 5.92 Å². The van der Waals surface area contributed by atoms with Crippen LogP contribution in [0.1, 0.15) is 36.0 Å². The Morgan fingerprint density at radius 3 is 2.80 bits per heavy atom. The standard InChI is InChI=1S/C16H23ClN2O/c1-19(2)14-8-5-7-12(10-14)16(20)18-11-13-6-3-4-9-15(13)17/h5,7-8,10,13,15H,3-4,6,9,11H2,1-2H3,(H,18,20). The second kappa shape index (κ2) is 6.98. The second-order valence-corrected chi connectivity index (χ2v) is 6.28. The third kappa shape index (κ3) is 3.89. The Morgan fingerprint density at radius 1 is 1.35 bits per heavy atom. The number of rotatable bonds is 4. The lowest BCUT2D eigenvalue weighted by Crippen LogP contribution is -2.34. The average molecular weight is 295 g/mol. The van der Waals surface area contributed by atoms with Crippen LogP contribution >= 0.6 is 11.6 Å². The van der Waals surface area contributed by atoms with Crippen molar-refractivity contribution in [3.05, 3.63) is 29.8 Å². The maximum atomic E-state index is 12.2. The Balaban J connectivity index is 1.92. The van der Waals surface area contributed by atoms with Crippen molar-refractivity contribution in [3.8, 4) is 0 Å². The minimum absolute atomic E-state index is 0.0110. The number of alkyl halides is 1. The van der Waals surface area contributed by atoms with Crippen molar-refractivity contribution in [2.75, 3.05) is 25.5 Å². The van der Waals surface area contributed by atoms with Gasteiger partial charge in [0.25, 0.3) is 5.91 Å². The number of nitrogens with zero attached hydrogens (tertiary/aromatic N) is 1. The molecule has 20 heavy (non-hydrogen) atoms. The van der Waals surface area contributed by atoms with E-state index in [2.05, 4.69) is 5.32 Å². The monoisotopic (exact) mass is 294 g/mol. The van der Waals surface area contributed by atoms with Gasteiger partial charge in [-0.15, -0.1) is 11.6 Å². The molecule has 0 spiro atoms. The number of carbonyl (C=O) groups is 1. The van der Waals surface area contributed by atoms with Gasteiger partial charge in [0.05, 0.1) is 0 Å². The zero-order valence-corrected chi connectivity index (χ0v) is 13.0. The lowest BCUT2D eigenvalue weighted by molar-refractivity contribution is 0.0944. The summed E-state index contributed by atoms with van der Waals surface area (Å²) in [5.41, 5.74) is 1.74. The summed E-state index contributed by atoms with van der Waals surface area (Å²) < 4.78 is 0. The van der Waals surface area contributed by atoms with E-state index < -0.39 is 0 Å². The van der Waals surface area contributed by atoms with E-state index in [1.54, 1.807) is 0 Å². The molecule has 0 bridgehead atoms. The van der Waals surface area contributed by atoms with Crippen LogP contribution in [0.5, 0.6) is 0 Å². The highest BCUT2D eigenvalue weighted by Gasteiger charge is 2.23. The first-order valence-electron chi connectivity index (χ1n) is 7.27. The molecule has 2 rings (SSSR count). The molecular formula is C16H23ClN2O. The van der Waals surface area contributed by atoms with E-state index in [0.717, 1.165) is 18.5 Å². The molecule has 1 amide bonds. The van der Waals surface area contributed by atoms with Crippen molar-refractivity contribution >= 4 is 23.2 Å². The summed E-state index contributed by atoms with van der Waals surface area (Å²) in [5.74, 6) is 0.398. The van der Waals surface area contributed by atoms with E-state index >= 15 is 0 Å². The molecule has 3 nitrogen and oxygen atoms in total. The SMILES string of the molecule is CN(C)c1cccc(C(=O)NCC2CCCCC2Cl)c1. The molecule has 0 saturated heterocycles. The third-order valence-corrected chi connectivity index (χ3v) is 4.54. The van der Waals surface area contributed by atoms with Gasteiger partial charge in [-0.25, -0.2) is 0 Å². The summed E-state index contributed by atoms with van der Waals surface area (Å²) in [6.07, 6.45) is 4.62. The number of nitrogens with one attached hydrogen (secondary N) is 1. The van der Waals surface area contributed by atoms with Crippen LogP contribution in [-0.4, -0.2) is 31.9 Å². The molecule has 0 aliphatic heterocycles. The van der Waals surface area contributed by atoms with E-state index in [1.165, 1.54) is 12.8 Å². The summed E-state index contributed by atoms with van der Waals surface area (Å²) in [6, 6.07) is 7.66. The fraction of sp³-hybridized carbons (Fsp3) is 0.562. The largest absolute Gasteiger partial charge is 0.378 e. The van der Waals surface area contributed by atoms with Crippen LogP contribution in [0.25, 0.3) is 0 Å². The Kier molecular flexibility index (Phi) is 5.30. The van der Waals surface area contributed by atoms with Gasteiger partial charge in [0.1, 0.15) is 0 Å². The summed E-state index contributed by atoms with van der Waals surface area (Å²) in [6.45, 7) is 0.680. The number of hydrogen-bond acceptors (Lipinski definition) is 2. The number of carbonyl (C=O) groups excluding carboxylic acids is 1. The fourth-order valence-electron chi connectivity index (χ4n) is 2.64. The van der Waals surface area contributed by atoms with E-state index in [0.29, 0.717) is 18.0 Å². The molecule has 4 heteroatoms. The maximum Gasteiger partial charge on any atom is 0.251 e. The Hall–Kier alpha value is -1.22. The van der Waals surface area contributed by atoms with Crippen LogP contribution in [0.4, 0.5) is 5.69 Å². The Bertz CT molecular complexity index is 462. The highest BCUT2D eigenvalue weighted by atomic mass is 35.5. The molecule has 0 aromatic heterocycles. The molecule has 2 atom stereocenters. The molecule has 1 fully saturated rings. The zero-order chi connectivity index (χ0) is 14.5. The number of halogens is 1. The predicted molar refractivity (Wildman–Crippen MR) is 84.7 cm³/mol. The topological polar surface area (TPSA) is 32.3 Å². The molecule has 1 aromatic rings. The average Bonchev–Trinajstić information content (AvgIpc) is 2.46. The van der Waals surface area contributed by atoms with Gasteiger partial charge in [0.15, 0.2) is 0 Å². The molecule has 110 valence electrons. The molecular weight excluding hydrogens is 272 g/mol. The summed E-state index contributed by atoms with van der Waals surface area (Å²) in [5, 5.41) is 3.23. The van der Waals surface area contributed by atoms with E-state index in [9.17, 15) is 4.79 Å². The maximum absolute atomic E-state index is 12.2. The fourth-order valence-corrected chi connectivity index (χ4v) is 3.01. The first-order valence-corrected chi connectivity index (χ1v) is 7.71. The summed E-state index contributed by atoms with van der Waals surface area (Å²) in [4.78, 5) is 14.2. The molecule has 1 aliphatic rings. The first-order chi connectivity index (χ1) is 9.58. The molecule has 0 heterocycles. The van der Waals surface area contributed by atoms with Crippen LogP contribution in [-0.2, 0) is 0 Å². The van der Waals surface area contributed by atoms with Crippen molar-refractivity contribution in [1.29, 1.82) is 0 Å². The minimum Gasteiger partial charge on any atom is -0.378 e. The van der Waals surface area contributed by atoms with Gasteiger partial charge < -0.3 is 10.2 Å². The summed E-state index contributed by atoms with van der Waals surface area (Å²) >= 11 is 6.32. The quantitative estimate of drug-likeness (QED) is 0.864. The van der Waals surface area contributed by atoms with Gasteiger partial charge in [-0.3, -0.25) is 4.79 Å². The van der Waals surface area contributed by atoms with Gasteiger partial charge in [-0.1, -0.05) is 18.9 Å².